The van der Waals surface area contributed by atoms with Crippen LogP contribution in [0.1, 0.15) is 23.0 Å². The number of alkyl halides is 3. The SMILES string of the molecule is NNC(Cc1cccc(C(F)(F)F)c1)c1ncccn1. The van der Waals surface area contributed by atoms with Crippen LogP contribution in [0.5, 0.6) is 0 Å². The van der Waals surface area contributed by atoms with Crippen LogP contribution in [0.3, 0.4) is 0 Å². The van der Waals surface area contributed by atoms with Gasteiger partial charge in [0.15, 0.2) is 0 Å². The summed E-state index contributed by atoms with van der Waals surface area (Å²) in [6.45, 7) is 0. The van der Waals surface area contributed by atoms with E-state index in [2.05, 4.69) is 15.4 Å². The van der Waals surface area contributed by atoms with Gasteiger partial charge in [-0.2, -0.15) is 13.2 Å². The van der Waals surface area contributed by atoms with E-state index in [1.807, 2.05) is 0 Å². The molecular formula is C13H13F3N4. The van der Waals surface area contributed by atoms with Crippen LogP contribution < -0.4 is 11.3 Å². The minimum absolute atomic E-state index is 0.268. The molecule has 1 atom stereocenters. The van der Waals surface area contributed by atoms with Gasteiger partial charge >= 0.3 is 6.18 Å². The molecule has 0 aliphatic rings. The molecule has 0 fully saturated rings. The summed E-state index contributed by atoms with van der Waals surface area (Å²) in [6.07, 6.45) is -0.979. The molecule has 0 aliphatic carbocycles. The van der Waals surface area contributed by atoms with Crippen LogP contribution in [-0.2, 0) is 12.6 Å². The number of rotatable bonds is 4. The molecular weight excluding hydrogens is 269 g/mol. The smallest absolute Gasteiger partial charge is 0.271 e. The van der Waals surface area contributed by atoms with E-state index in [0.717, 1.165) is 12.1 Å². The summed E-state index contributed by atoms with van der Waals surface area (Å²) < 4.78 is 37.9. The first-order valence-electron chi connectivity index (χ1n) is 5.90. The summed E-state index contributed by atoms with van der Waals surface area (Å²) >= 11 is 0. The lowest BCUT2D eigenvalue weighted by molar-refractivity contribution is -0.137. The van der Waals surface area contributed by atoms with Gasteiger partial charge in [0, 0.05) is 12.4 Å². The molecule has 0 saturated heterocycles. The first kappa shape index (κ1) is 14.4. The highest BCUT2D eigenvalue weighted by Gasteiger charge is 2.30. The third kappa shape index (κ3) is 3.52. The topological polar surface area (TPSA) is 63.8 Å². The van der Waals surface area contributed by atoms with Gasteiger partial charge in [0.05, 0.1) is 11.6 Å². The predicted molar refractivity (Wildman–Crippen MR) is 67.2 cm³/mol. The maximum absolute atomic E-state index is 12.6. The average molecular weight is 282 g/mol. The number of hydrogen-bond donors (Lipinski definition) is 2. The Hall–Kier alpha value is -1.99. The number of nitrogens with zero attached hydrogens (tertiary/aromatic N) is 2. The Morgan fingerprint density at radius 2 is 1.85 bits per heavy atom. The minimum Gasteiger partial charge on any atom is -0.271 e. The van der Waals surface area contributed by atoms with Crippen molar-refractivity contribution in [3.05, 3.63) is 59.7 Å². The van der Waals surface area contributed by atoms with Crippen molar-refractivity contribution in [2.45, 2.75) is 18.6 Å². The molecule has 1 aromatic heterocycles. The van der Waals surface area contributed by atoms with Crippen LogP contribution in [0.15, 0.2) is 42.7 Å². The van der Waals surface area contributed by atoms with E-state index in [4.69, 9.17) is 5.84 Å². The molecule has 2 rings (SSSR count). The molecule has 1 aromatic carbocycles. The van der Waals surface area contributed by atoms with Crippen molar-refractivity contribution in [1.29, 1.82) is 0 Å². The number of hydrogen-bond acceptors (Lipinski definition) is 4. The van der Waals surface area contributed by atoms with Crippen LogP contribution in [-0.4, -0.2) is 9.97 Å². The van der Waals surface area contributed by atoms with Gasteiger partial charge in [-0.15, -0.1) is 0 Å². The van der Waals surface area contributed by atoms with E-state index in [1.165, 1.54) is 6.07 Å². The fraction of sp³-hybridized carbons (Fsp3) is 0.231. The first-order valence-corrected chi connectivity index (χ1v) is 5.90. The van der Waals surface area contributed by atoms with E-state index >= 15 is 0 Å². The van der Waals surface area contributed by atoms with Crippen LogP contribution in [0.4, 0.5) is 13.2 Å². The van der Waals surface area contributed by atoms with Gasteiger partial charge in [-0.3, -0.25) is 5.84 Å². The minimum atomic E-state index is -4.36. The van der Waals surface area contributed by atoms with E-state index in [9.17, 15) is 13.2 Å². The molecule has 0 radical (unpaired) electrons. The molecule has 7 heteroatoms. The highest BCUT2D eigenvalue weighted by molar-refractivity contribution is 5.26. The quantitative estimate of drug-likeness (QED) is 0.667. The Morgan fingerprint density at radius 3 is 2.45 bits per heavy atom. The molecule has 20 heavy (non-hydrogen) atoms. The number of hydrazine groups is 1. The third-order valence-corrected chi connectivity index (χ3v) is 2.79. The molecule has 0 amide bonds. The summed E-state index contributed by atoms with van der Waals surface area (Å²) in [7, 11) is 0. The summed E-state index contributed by atoms with van der Waals surface area (Å²) in [5.41, 5.74) is 2.35. The molecule has 106 valence electrons. The van der Waals surface area contributed by atoms with Crippen LogP contribution >= 0.6 is 0 Å². The zero-order valence-corrected chi connectivity index (χ0v) is 10.4. The molecule has 0 aliphatic heterocycles. The lowest BCUT2D eigenvalue weighted by atomic mass is 10.0. The Kier molecular flexibility index (Phi) is 4.31. The Balaban J connectivity index is 2.20. The monoisotopic (exact) mass is 282 g/mol. The Labute approximate surface area is 113 Å². The van der Waals surface area contributed by atoms with Gasteiger partial charge in [-0.1, -0.05) is 18.2 Å². The lowest BCUT2D eigenvalue weighted by Crippen LogP contribution is -2.31. The number of nitrogens with one attached hydrogen (secondary N) is 1. The molecule has 3 N–H and O–H groups in total. The highest BCUT2D eigenvalue weighted by atomic mass is 19.4. The molecule has 0 bridgehead atoms. The first-order chi connectivity index (χ1) is 9.50. The normalized spacial score (nSPS) is 13.2. The summed E-state index contributed by atoms with van der Waals surface area (Å²) in [4.78, 5) is 8.08. The molecule has 4 nitrogen and oxygen atoms in total. The second kappa shape index (κ2) is 5.98. The lowest BCUT2D eigenvalue weighted by Gasteiger charge is -2.15. The number of benzene rings is 1. The van der Waals surface area contributed by atoms with E-state index in [-0.39, 0.29) is 6.42 Å². The molecule has 0 spiro atoms. The van der Waals surface area contributed by atoms with Gasteiger partial charge in [0.1, 0.15) is 5.82 Å². The van der Waals surface area contributed by atoms with Crippen LogP contribution in [0, 0.1) is 0 Å². The standard InChI is InChI=1S/C13H13F3N4/c14-13(15,16)10-4-1-3-9(7-10)8-11(20-17)12-18-5-2-6-19-12/h1-7,11,20H,8,17H2. The van der Waals surface area contributed by atoms with Crippen molar-refractivity contribution in [2.24, 2.45) is 5.84 Å². The van der Waals surface area contributed by atoms with Crippen molar-refractivity contribution in [3.8, 4) is 0 Å². The molecule has 1 heterocycles. The Morgan fingerprint density at radius 1 is 1.15 bits per heavy atom. The van der Waals surface area contributed by atoms with E-state index < -0.39 is 17.8 Å². The predicted octanol–water partition coefficient (Wildman–Crippen LogP) is 2.24. The molecule has 0 saturated carbocycles. The summed E-state index contributed by atoms with van der Waals surface area (Å²) in [6, 6.07) is 6.34. The van der Waals surface area contributed by atoms with Crippen molar-refractivity contribution in [2.75, 3.05) is 0 Å². The van der Waals surface area contributed by atoms with Crippen LogP contribution in [0.25, 0.3) is 0 Å². The fourth-order valence-corrected chi connectivity index (χ4v) is 1.83. The number of nitrogens with two attached hydrogens (primary N) is 1. The van der Waals surface area contributed by atoms with Crippen molar-refractivity contribution < 1.29 is 13.2 Å². The zero-order valence-electron chi connectivity index (χ0n) is 10.4. The van der Waals surface area contributed by atoms with Crippen molar-refractivity contribution >= 4 is 0 Å². The molecule has 1 unspecified atom stereocenters. The van der Waals surface area contributed by atoms with Gasteiger partial charge in [0.2, 0.25) is 0 Å². The van der Waals surface area contributed by atoms with E-state index in [0.29, 0.717) is 11.4 Å². The fourth-order valence-electron chi connectivity index (χ4n) is 1.83. The van der Waals surface area contributed by atoms with Crippen molar-refractivity contribution in [1.82, 2.24) is 15.4 Å². The van der Waals surface area contributed by atoms with Crippen molar-refractivity contribution in [3.63, 3.8) is 0 Å². The zero-order chi connectivity index (χ0) is 14.6. The number of halogens is 3. The summed E-state index contributed by atoms with van der Waals surface area (Å²) in [5.74, 6) is 5.86. The largest absolute Gasteiger partial charge is 0.416 e. The highest BCUT2D eigenvalue weighted by Crippen LogP contribution is 2.30. The Bertz CT molecular complexity index is 557. The van der Waals surface area contributed by atoms with Gasteiger partial charge in [0.25, 0.3) is 0 Å². The van der Waals surface area contributed by atoms with Gasteiger partial charge in [-0.25, -0.2) is 15.4 Å². The van der Waals surface area contributed by atoms with Gasteiger partial charge < -0.3 is 0 Å². The second-order valence-electron chi connectivity index (χ2n) is 4.23. The summed E-state index contributed by atoms with van der Waals surface area (Å²) in [5, 5.41) is 0. The third-order valence-electron chi connectivity index (χ3n) is 2.79. The maximum Gasteiger partial charge on any atom is 0.416 e. The van der Waals surface area contributed by atoms with E-state index in [1.54, 1.807) is 24.5 Å². The van der Waals surface area contributed by atoms with Gasteiger partial charge in [-0.05, 0) is 24.1 Å². The molecule has 2 aromatic rings. The second-order valence-corrected chi connectivity index (χ2v) is 4.23. The number of aromatic nitrogens is 2. The maximum atomic E-state index is 12.6. The average Bonchev–Trinajstić information content (AvgIpc) is 2.45. The van der Waals surface area contributed by atoms with Crippen LogP contribution in [0.2, 0.25) is 0 Å².